The lowest BCUT2D eigenvalue weighted by Gasteiger charge is -2.29. The van der Waals surface area contributed by atoms with Gasteiger partial charge in [0.1, 0.15) is 5.67 Å². The van der Waals surface area contributed by atoms with E-state index in [0.29, 0.717) is 25.2 Å². The van der Waals surface area contributed by atoms with E-state index in [-0.39, 0.29) is 6.04 Å². The Kier molecular flexibility index (Phi) is 3.25. The largest absolute Gasteiger partial charge is 0.379 e. The van der Waals surface area contributed by atoms with Gasteiger partial charge in [-0.1, -0.05) is 0 Å². The van der Waals surface area contributed by atoms with Crippen molar-refractivity contribution in [2.45, 2.75) is 25.1 Å². The van der Waals surface area contributed by atoms with Crippen molar-refractivity contribution in [1.82, 2.24) is 15.1 Å². The number of hydrogen-bond donors (Lipinski definition) is 1. The summed E-state index contributed by atoms with van der Waals surface area (Å²) in [5.74, 6) is 0. The van der Waals surface area contributed by atoms with Gasteiger partial charge in [0.2, 0.25) is 0 Å². The number of aryl methyl sites for hydroxylation is 1. The predicted molar refractivity (Wildman–Crippen MR) is 58.9 cm³/mol. The first kappa shape index (κ1) is 11.5. The average molecular weight is 227 g/mol. The molecule has 1 aliphatic heterocycles. The van der Waals surface area contributed by atoms with Crippen LogP contribution in [0.3, 0.4) is 0 Å². The van der Waals surface area contributed by atoms with Crippen molar-refractivity contribution < 1.29 is 9.13 Å². The number of aromatic nitrogens is 2. The second-order valence-corrected chi connectivity index (χ2v) is 4.53. The van der Waals surface area contributed by atoms with Gasteiger partial charge in [0.15, 0.2) is 0 Å². The van der Waals surface area contributed by atoms with Crippen LogP contribution in [0.5, 0.6) is 0 Å². The first-order valence-electron chi connectivity index (χ1n) is 5.57. The standard InChI is InChI=1S/C11H18FN3O/c1-11(12,9-6-14-15(2)7-9)5-10-8-16-4-3-13-10/h6-7,10,13H,3-5,8H2,1-2H3. The zero-order chi connectivity index (χ0) is 11.6. The molecule has 0 bridgehead atoms. The zero-order valence-electron chi connectivity index (χ0n) is 9.74. The van der Waals surface area contributed by atoms with Crippen LogP contribution in [0.25, 0.3) is 0 Å². The number of morpholine rings is 1. The van der Waals surface area contributed by atoms with Crippen LogP contribution in [0.15, 0.2) is 12.4 Å². The second-order valence-electron chi connectivity index (χ2n) is 4.53. The molecule has 1 aromatic heterocycles. The van der Waals surface area contributed by atoms with Crippen LogP contribution in [-0.2, 0) is 17.5 Å². The molecule has 16 heavy (non-hydrogen) atoms. The maximum absolute atomic E-state index is 14.5. The smallest absolute Gasteiger partial charge is 0.137 e. The Morgan fingerprint density at radius 1 is 1.75 bits per heavy atom. The zero-order valence-corrected chi connectivity index (χ0v) is 9.74. The maximum atomic E-state index is 14.5. The fraction of sp³-hybridized carbons (Fsp3) is 0.727. The van der Waals surface area contributed by atoms with E-state index in [1.54, 1.807) is 31.0 Å². The SMILES string of the molecule is Cn1cc(C(C)(F)CC2COCCN2)cn1. The second kappa shape index (κ2) is 4.51. The summed E-state index contributed by atoms with van der Waals surface area (Å²) in [4.78, 5) is 0. The summed E-state index contributed by atoms with van der Waals surface area (Å²) >= 11 is 0. The molecule has 0 aliphatic carbocycles. The van der Waals surface area contributed by atoms with Crippen LogP contribution in [-0.4, -0.2) is 35.6 Å². The lowest BCUT2D eigenvalue weighted by atomic mass is 9.93. The van der Waals surface area contributed by atoms with E-state index < -0.39 is 5.67 Å². The maximum Gasteiger partial charge on any atom is 0.137 e. The van der Waals surface area contributed by atoms with Crippen molar-refractivity contribution in [2.24, 2.45) is 7.05 Å². The number of halogens is 1. The van der Waals surface area contributed by atoms with Crippen molar-refractivity contribution in [3.05, 3.63) is 18.0 Å². The normalized spacial score (nSPS) is 25.3. The van der Waals surface area contributed by atoms with Gasteiger partial charge in [0, 0.05) is 37.8 Å². The highest BCUT2D eigenvalue weighted by Crippen LogP contribution is 2.30. The Balaban J connectivity index is 2.01. The number of rotatable bonds is 3. The van der Waals surface area contributed by atoms with Crippen LogP contribution in [0.4, 0.5) is 4.39 Å². The van der Waals surface area contributed by atoms with Crippen molar-refractivity contribution in [2.75, 3.05) is 19.8 Å². The number of nitrogens with one attached hydrogen (secondary N) is 1. The topological polar surface area (TPSA) is 39.1 Å². The van der Waals surface area contributed by atoms with Gasteiger partial charge in [0.25, 0.3) is 0 Å². The highest BCUT2D eigenvalue weighted by Gasteiger charge is 2.31. The van der Waals surface area contributed by atoms with E-state index >= 15 is 0 Å². The van der Waals surface area contributed by atoms with Crippen molar-refractivity contribution in [3.8, 4) is 0 Å². The number of hydrogen-bond acceptors (Lipinski definition) is 3. The van der Waals surface area contributed by atoms with E-state index in [0.717, 1.165) is 6.54 Å². The fourth-order valence-corrected chi connectivity index (χ4v) is 2.02. The molecule has 1 N–H and O–H groups in total. The summed E-state index contributed by atoms with van der Waals surface area (Å²) in [6, 6.07) is 0.0870. The monoisotopic (exact) mass is 227 g/mol. The third-order valence-corrected chi connectivity index (χ3v) is 2.93. The Hall–Kier alpha value is -0.940. The van der Waals surface area contributed by atoms with E-state index in [4.69, 9.17) is 4.74 Å². The minimum Gasteiger partial charge on any atom is -0.379 e. The van der Waals surface area contributed by atoms with Crippen LogP contribution in [0, 0.1) is 0 Å². The summed E-state index contributed by atoms with van der Waals surface area (Å²) in [7, 11) is 1.79. The highest BCUT2D eigenvalue weighted by molar-refractivity contribution is 5.14. The Morgan fingerprint density at radius 3 is 3.12 bits per heavy atom. The summed E-state index contributed by atoms with van der Waals surface area (Å²) in [5.41, 5.74) is -0.727. The molecule has 2 heterocycles. The third kappa shape index (κ3) is 2.59. The molecule has 1 aliphatic rings. The van der Waals surface area contributed by atoms with Crippen LogP contribution < -0.4 is 5.32 Å². The molecule has 1 fully saturated rings. The molecular formula is C11H18FN3O. The number of nitrogens with zero attached hydrogens (tertiary/aromatic N) is 2. The van der Waals surface area contributed by atoms with Gasteiger partial charge < -0.3 is 10.1 Å². The summed E-state index contributed by atoms with van der Waals surface area (Å²) in [5, 5.41) is 7.26. The lowest BCUT2D eigenvalue weighted by molar-refractivity contribution is 0.0474. The minimum absolute atomic E-state index is 0.0870. The van der Waals surface area contributed by atoms with Crippen LogP contribution in [0.2, 0.25) is 0 Å². The van der Waals surface area contributed by atoms with E-state index in [9.17, 15) is 4.39 Å². The summed E-state index contributed by atoms with van der Waals surface area (Å²) in [6.45, 7) is 3.69. The van der Waals surface area contributed by atoms with Gasteiger partial charge in [-0.2, -0.15) is 5.10 Å². The van der Waals surface area contributed by atoms with Crippen molar-refractivity contribution >= 4 is 0 Å². The molecule has 1 saturated heterocycles. The molecule has 4 nitrogen and oxygen atoms in total. The van der Waals surface area contributed by atoms with Crippen molar-refractivity contribution in [1.29, 1.82) is 0 Å². The molecule has 2 rings (SSSR count). The Morgan fingerprint density at radius 2 is 2.56 bits per heavy atom. The molecule has 5 heteroatoms. The lowest BCUT2D eigenvalue weighted by Crippen LogP contribution is -2.44. The van der Waals surface area contributed by atoms with Gasteiger partial charge in [-0.05, 0) is 6.92 Å². The predicted octanol–water partition coefficient (Wildman–Crippen LogP) is 0.983. The molecule has 0 amide bonds. The van der Waals surface area contributed by atoms with E-state index in [1.165, 1.54) is 0 Å². The number of ether oxygens (including phenoxy) is 1. The molecule has 0 spiro atoms. The van der Waals surface area contributed by atoms with E-state index in [2.05, 4.69) is 10.4 Å². The molecule has 90 valence electrons. The Labute approximate surface area is 94.8 Å². The van der Waals surface area contributed by atoms with Gasteiger partial charge in [-0.15, -0.1) is 0 Å². The summed E-state index contributed by atoms with van der Waals surface area (Å²) in [6.07, 6.45) is 3.73. The first-order chi connectivity index (χ1) is 7.58. The van der Waals surface area contributed by atoms with E-state index in [1.807, 2.05) is 0 Å². The fourth-order valence-electron chi connectivity index (χ4n) is 2.02. The molecule has 2 atom stereocenters. The molecule has 1 aromatic rings. The number of alkyl halides is 1. The molecular weight excluding hydrogens is 209 g/mol. The van der Waals surface area contributed by atoms with Crippen LogP contribution in [0.1, 0.15) is 18.9 Å². The highest BCUT2D eigenvalue weighted by atomic mass is 19.1. The molecule has 2 unspecified atom stereocenters. The quantitative estimate of drug-likeness (QED) is 0.836. The molecule has 0 aromatic carbocycles. The Bertz CT molecular complexity index is 345. The molecule has 0 saturated carbocycles. The van der Waals surface area contributed by atoms with Gasteiger partial charge >= 0.3 is 0 Å². The first-order valence-corrected chi connectivity index (χ1v) is 5.57. The van der Waals surface area contributed by atoms with Gasteiger partial charge in [0.05, 0.1) is 19.4 Å². The average Bonchev–Trinajstić information content (AvgIpc) is 2.66. The molecule has 0 radical (unpaired) electrons. The third-order valence-electron chi connectivity index (χ3n) is 2.93. The van der Waals surface area contributed by atoms with Gasteiger partial charge in [-0.3, -0.25) is 4.68 Å². The minimum atomic E-state index is -1.35. The van der Waals surface area contributed by atoms with Gasteiger partial charge in [-0.25, -0.2) is 4.39 Å². The van der Waals surface area contributed by atoms with Crippen LogP contribution >= 0.6 is 0 Å². The van der Waals surface area contributed by atoms with Crippen molar-refractivity contribution in [3.63, 3.8) is 0 Å². The summed E-state index contributed by atoms with van der Waals surface area (Å²) < 4.78 is 21.4.